The second kappa shape index (κ2) is 12.6. The highest BCUT2D eigenvalue weighted by Gasteiger charge is 1.99. The molecule has 0 saturated heterocycles. The molecule has 18 heavy (non-hydrogen) atoms. The molecule has 0 aliphatic rings. The summed E-state index contributed by atoms with van der Waals surface area (Å²) in [5.41, 5.74) is 0.955. The van der Waals surface area contributed by atoms with Gasteiger partial charge < -0.3 is 14.6 Å². The van der Waals surface area contributed by atoms with Crippen molar-refractivity contribution >= 4 is 0 Å². The summed E-state index contributed by atoms with van der Waals surface area (Å²) in [5.74, 6) is 6.27. The van der Waals surface area contributed by atoms with Crippen molar-refractivity contribution in [3.8, 4) is 11.8 Å². The second-order valence-electron chi connectivity index (χ2n) is 4.14. The molecule has 0 amide bonds. The highest BCUT2D eigenvalue weighted by Crippen LogP contribution is 2.05. The number of aliphatic hydroxyl groups is 1. The van der Waals surface area contributed by atoms with Gasteiger partial charge in [-0.15, -0.1) is 0 Å². The Morgan fingerprint density at radius 3 is 2.78 bits per heavy atom. The van der Waals surface area contributed by atoms with Gasteiger partial charge in [0.2, 0.25) is 0 Å². The monoisotopic (exact) mass is 254 g/mol. The van der Waals surface area contributed by atoms with Gasteiger partial charge in [0.1, 0.15) is 6.79 Å². The van der Waals surface area contributed by atoms with E-state index in [2.05, 4.69) is 18.8 Å². The molecule has 0 aromatic carbocycles. The quantitative estimate of drug-likeness (QED) is 0.390. The lowest BCUT2D eigenvalue weighted by Gasteiger charge is -2.05. The van der Waals surface area contributed by atoms with Crippen LogP contribution in [0.25, 0.3) is 0 Å². The SMILES string of the molecule is CCCCC#C/C(=C\C(O)CC)CCOCOC. The van der Waals surface area contributed by atoms with E-state index in [0.717, 1.165) is 31.3 Å². The Morgan fingerprint density at radius 2 is 2.17 bits per heavy atom. The summed E-state index contributed by atoms with van der Waals surface area (Å²) in [5, 5.41) is 9.62. The van der Waals surface area contributed by atoms with Crippen LogP contribution in [0, 0.1) is 11.8 Å². The van der Waals surface area contributed by atoms with Crippen molar-refractivity contribution in [3.63, 3.8) is 0 Å². The maximum absolute atomic E-state index is 9.62. The molecule has 0 fully saturated rings. The summed E-state index contributed by atoms with van der Waals surface area (Å²) in [7, 11) is 1.60. The van der Waals surface area contributed by atoms with Crippen LogP contribution in [0.1, 0.15) is 46.0 Å². The molecule has 0 radical (unpaired) electrons. The second-order valence-corrected chi connectivity index (χ2v) is 4.14. The van der Waals surface area contributed by atoms with Crippen molar-refractivity contribution in [1.82, 2.24) is 0 Å². The van der Waals surface area contributed by atoms with Crippen LogP contribution < -0.4 is 0 Å². The zero-order valence-electron chi connectivity index (χ0n) is 11.9. The van der Waals surface area contributed by atoms with Crippen molar-refractivity contribution < 1.29 is 14.6 Å². The molecule has 0 aliphatic heterocycles. The van der Waals surface area contributed by atoms with E-state index in [4.69, 9.17) is 9.47 Å². The van der Waals surface area contributed by atoms with E-state index in [1.165, 1.54) is 0 Å². The lowest BCUT2D eigenvalue weighted by Crippen LogP contribution is -2.03. The van der Waals surface area contributed by atoms with Gasteiger partial charge in [-0.1, -0.05) is 32.1 Å². The molecular formula is C15H26O3. The van der Waals surface area contributed by atoms with E-state index in [0.29, 0.717) is 19.8 Å². The van der Waals surface area contributed by atoms with Crippen LogP contribution in [0.3, 0.4) is 0 Å². The van der Waals surface area contributed by atoms with Crippen LogP contribution in [-0.4, -0.2) is 31.7 Å². The van der Waals surface area contributed by atoms with Gasteiger partial charge in [-0.2, -0.15) is 0 Å². The average Bonchev–Trinajstić information content (AvgIpc) is 2.39. The summed E-state index contributed by atoms with van der Waals surface area (Å²) < 4.78 is 10.1. The number of methoxy groups -OCH3 is 1. The van der Waals surface area contributed by atoms with Gasteiger partial charge in [0.15, 0.2) is 0 Å². The van der Waals surface area contributed by atoms with Crippen LogP contribution in [-0.2, 0) is 9.47 Å². The van der Waals surface area contributed by atoms with E-state index in [9.17, 15) is 5.11 Å². The first kappa shape index (κ1) is 17.2. The Kier molecular flexibility index (Phi) is 12.1. The molecule has 104 valence electrons. The minimum atomic E-state index is -0.414. The maximum Gasteiger partial charge on any atom is 0.146 e. The summed E-state index contributed by atoms with van der Waals surface area (Å²) >= 11 is 0. The van der Waals surface area contributed by atoms with E-state index in [1.54, 1.807) is 7.11 Å². The molecule has 1 unspecified atom stereocenters. The molecular weight excluding hydrogens is 228 g/mol. The molecule has 0 saturated carbocycles. The first-order chi connectivity index (χ1) is 8.74. The number of unbranched alkanes of at least 4 members (excludes halogenated alkanes) is 2. The van der Waals surface area contributed by atoms with Crippen molar-refractivity contribution in [1.29, 1.82) is 0 Å². The number of ether oxygens (including phenoxy) is 2. The molecule has 0 aliphatic carbocycles. The van der Waals surface area contributed by atoms with Crippen molar-refractivity contribution in [2.24, 2.45) is 0 Å². The van der Waals surface area contributed by atoms with E-state index in [-0.39, 0.29) is 0 Å². The minimum Gasteiger partial charge on any atom is -0.389 e. The predicted molar refractivity (Wildman–Crippen MR) is 74.1 cm³/mol. The summed E-state index contributed by atoms with van der Waals surface area (Å²) in [4.78, 5) is 0. The molecule has 0 aromatic heterocycles. The van der Waals surface area contributed by atoms with Gasteiger partial charge in [-0.25, -0.2) is 0 Å². The fourth-order valence-corrected chi connectivity index (χ4v) is 1.30. The van der Waals surface area contributed by atoms with E-state index in [1.807, 2.05) is 13.0 Å². The normalized spacial score (nSPS) is 13.0. The Bertz CT molecular complexity index is 273. The fourth-order valence-electron chi connectivity index (χ4n) is 1.30. The maximum atomic E-state index is 9.62. The summed E-state index contributed by atoms with van der Waals surface area (Å²) in [6.07, 6.45) is 6.03. The number of rotatable bonds is 9. The smallest absolute Gasteiger partial charge is 0.146 e. The highest BCUT2D eigenvalue weighted by atomic mass is 16.7. The van der Waals surface area contributed by atoms with Gasteiger partial charge in [0, 0.05) is 25.5 Å². The molecule has 3 nitrogen and oxygen atoms in total. The predicted octanol–water partition coefficient (Wildman–Crippen LogP) is 2.89. The standard InChI is InChI=1S/C15H26O3/c1-4-6-7-8-9-14(12-15(16)5-2)10-11-18-13-17-3/h12,15-16H,4-7,10-11,13H2,1-3H3/b14-12+. The third-order valence-electron chi connectivity index (χ3n) is 2.43. The molecule has 0 heterocycles. The van der Waals surface area contributed by atoms with Crippen LogP contribution in [0.15, 0.2) is 11.6 Å². The van der Waals surface area contributed by atoms with Gasteiger partial charge in [-0.05, 0) is 18.9 Å². The Morgan fingerprint density at radius 1 is 1.39 bits per heavy atom. The Hall–Kier alpha value is -0.820. The zero-order valence-corrected chi connectivity index (χ0v) is 11.9. The summed E-state index contributed by atoms with van der Waals surface area (Å²) in [6.45, 7) is 4.97. The first-order valence-corrected chi connectivity index (χ1v) is 6.68. The largest absolute Gasteiger partial charge is 0.389 e. The van der Waals surface area contributed by atoms with Crippen molar-refractivity contribution in [2.75, 3.05) is 20.5 Å². The number of hydrogen-bond donors (Lipinski definition) is 1. The van der Waals surface area contributed by atoms with Crippen LogP contribution >= 0.6 is 0 Å². The van der Waals surface area contributed by atoms with E-state index >= 15 is 0 Å². The first-order valence-electron chi connectivity index (χ1n) is 6.68. The summed E-state index contributed by atoms with van der Waals surface area (Å²) in [6, 6.07) is 0. The third kappa shape index (κ3) is 10.3. The van der Waals surface area contributed by atoms with Crippen LogP contribution in [0.4, 0.5) is 0 Å². The van der Waals surface area contributed by atoms with Crippen molar-refractivity contribution in [2.45, 2.75) is 52.1 Å². The third-order valence-corrected chi connectivity index (χ3v) is 2.43. The number of aliphatic hydroxyl groups excluding tert-OH is 1. The zero-order chi connectivity index (χ0) is 13.6. The van der Waals surface area contributed by atoms with Crippen LogP contribution in [0.5, 0.6) is 0 Å². The van der Waals surface area contributed by atoms with Crippen LogP contribution in [0.2, 0.25) is 0 Å². The topological polar surface area (TPSA) is 38.7 Å². The lowest BCUT2D eigenvalue weighted by molar-refractivity contribution is -0.0289. The highest BCUT2D eigenvalue weighted by molar-refractivity contribution is 5.29. The molecule has 0 bridgehead atoms. The molecule has 0 rings (SSSR count). The minimum absolute atomic E-state index is 0.298. The molecule has 1 N–H and O–H groups in total. The molecule has 0 aromatic rings. The number of hydrogen-bond acceptors (Lipinski definition) is 3. The Labute approximate surface area is 111 Å². The molecule has 0 spiro atoms. The van der Waals surface area contributed by atoms with Gasteiger partial charge in [0.25, 0.3) is 0 Å². The lowest BCUT2D eigenvalue weighted by atomic mass is 10.1. The fraction of sp³-hybridized carbons (Fsp3) is 0.733. The van der Waals surface area contributed by atoms with E-state index < -0.39 is 6.10 Å². The van der Waals surface area contributed by atoms with Gasteiger partial charge in [0.05, 0.1) is 12.7 Å². The van der Waals surface area contributed by atoms with Crippen molar-refractivity contribution in [3.05, 3.63) is 11.6 Å². The Balaban J connectivity index is 4.23. The average molecular weight is 254 g/mol. The molecule has 1 atom stereocenters. The van der Waals surface area contributed by atoms with Gasteiger partial charge in [-0.3, -0.25) is 0 Å². The molecule has 3 heteroatoms. The van der Waals surface area contributed by atoms with Gasteiger partial charge >= 0.3 is 0 Å².